The molecule has 0 spiro atoms. The summed E-state index contributed by atoms with van der Waals surface area (Å²) < 4.78 is 42.8. The zero-order valence-corrected chi connectivity index (χ0v) is 20.7. The molecular formula is C25H25ClFN5O2S. The zero-order chi connectivity index (χ0) is 24.7. The van der Waals surface area contributed by atoms with Crippen LogP contribution in [-0.4, -0.2) is 33.4 Å². The second-order valence-electron chi connectivity index (χ2n) is 9.08. The number of aromatic nitrogens is 4. The highest BCUT2D eigenvalue weighted by molar-refractivity contribution is 7.90. The molecule has 1 aliphatic carbocycles. The third-order valence-electron chi connectivity index (χ3n) is 6.64. The smallest absolute Gasteiger partial charge is 0.269 e. The molecule has 2 atom stereocenters. The minimum Gasteiger partial charge on any atom is -0.327 e. The fourth-order valence-corrected chi connectivity index (χ4v) is 6.13. The number of fused-ring (bicyclic) bond motifs is 1. The summed E-state index contributed by atoms with van der Waals surface area (Å²) in [5.41, 5.74) is 8.08. The van der Waals surface area contributed by atoms with E-state index >= 15 is 0 Å². The number of pyridine rings is 1. The van der Waals surface area contributed by atoms with Gasteiger partial charge in [0.1, 0.15) is 0 Å². The van der Waals surface area contributed by atoms with Crippen LogP contribution >= 0.6 is 11.6 Å². The van der Waals surface area contributed by atoms with Crippen molar-refractivity contribution in [3.05, 3.63) is 71.0 Å². The molecule has 3 aromatic heterocycles. The Morgan fingerprint density at radius 3 is 2.63 bits per heavy atom. The first-order chi connectivity index (χ1) is 16.7. The summed E-state index contributed by atoms with van der Waals surface area (Å²) in [6, 6.07) is 8.18. The summed E-state index contributed by atoms with van der Waals surface area (Å²) >= 11 is 6.20. The van der Waals surface area contributed by atoms with Crippen LogP contribution in [0.1, 0.15) is 36.9 Å². The maximum absolute atomic E-state index is 14.7. The van der Waals surface area contributed by atoms with Gasteiger partial charge in [-0.25, -0.2) is 31.7 Å². The largest absolute Gasteiger partial charge is 0.327 e. The molecule has 0 radical (unpaired) electrons. The van der Waals surface area contributed by atoms with Gasteiger partial charge in [-0.2, -0.15) is 0 Å². The molecule has 0 amide bonds. The number of aryl methyl sites for hydroxylation is 1. The minimum absolute atomic E-state index is 0.00568. The second kappa shape index (κ2) is 9.29. The van der Waals surface area contributed by atoms with Crippen molar-refractivity contribution in [2.75, 3.05) is 0 Å². The van der Waals surface area contributed by atoms with E-state index in [0.29, 0.717) is 22.4 Å². The van der Waals surface area contributed by atoms with E-state index in [-0.39, 0.29) is 34.0 Å². The fourth-order valence-electron chi connectivity index (χ4n) is 4.65. The van der Waals surface area contributed by atoms with Crippen LogP contribution in [0.5, 0.6) is 0 Å². The molecule has 5 rings (SSSR count). The highest BCUT2D eigenvalue weighted by Gasteiger charge is 2.26. The molecule has 0 aliphatic heterocycles. The summed E-state index contributed by atoms with van der Waals surface area (Å²) in [5, 5.41) is 0.792. The Bertz CT molecular complexity index is 1500. The Hall–Kier alpha value is -2.88. The summed E-state index contributed by atoms with van der Waals surface area (Å²) in [7, 11) is -3.97. The van der Waals surface area contributed by atoms with Gasteiger partial charge >= 0.3 is 0 Å². The molecule has 1 fully saturated rings. The van der Waals surface area contributed by atoms with Gasteiger partial charge in [0.2, 0.25) is 0 Å². The highest BCUT2D eigenvalue weighted by atomic mass is 35.5. The maximum atomic E-state index is 14.7. The van der Waals surface area contributed by atoms with E-state index in [1.165, 1.54) is 12.4 Å². The summed E-state index contributed by atoms with van der Waals surface area (Å²) in [4.78, 5) is 13.1. The molecule has 0 saturated heterocycles. The quantitative estimate of drug-likeness (QED) is 0.407. The molecule has 7 nitrogen and oxygen atoms in total. The van der Waals surface area contributed by atoms with Crippen molar-refractivity contribution in [1.82, 2.24) is 18.9 Å². The van der Waals surface area contributed by atoms with Crippen LogP contribution < -0.4 is 5.73 Å². The topological polar surface area (TPSA) is 104 Å². The van der Waals surface area contributed by atoms with Crippen LogP contribution in [0.3, 0.4) is 0 Å². The van der Waals surface area contributed by atoms with Gasteiger partial charge in [0.05, 0.1) is 21.8 Å². The van der Waals surface area contributed by atoms with E-state index in [4.69, 9.17) is 17.3 Å². The van der Waals surface area contributed by atoms with Crippen molar-refractivity contribution >= 4 is 32.7 Å². The highest BCUT2D eigenvalue weighted by Crippen LogP contribution is 2.33. The monoisotopic (exact) mass is 513 g/mol. The second-order valence-corrected chi connectivity index (χ2v) is 11.3. The van der Waals surface area contributed by atoms with Crippen LogP contribution in [0.25, 0.3) is 22.4 Å². The Labute approximate surface area is 208 Å². The molecule has 1 saturated carbocycles. The van der Waals surface area contributed by atoms with Gasteiger partial charge < -0.3 is 5.73 Å². The van der Waals surface area contributed by atoms with Crippen molar-refractivity contribution in [3.8, 4) is 11.4 Å². The number of rotatable bonds is 5. The normalized spacial score (nSPS) is 18.7. The van der Waals surface area contributed by atoms with E-state index in [1.54, 1.807) is 30.3 Å². The summed E-state index contributed by atoms with van der Waals surface area (Å²) in [5.74, 6) is -0.156. The molecule has 35 heavy (non-hydrogen) atoms. The molecule has 2 N–H and O–H groups in total. The van der Waals surface area contributed by atoms with Gasteiger partial charge in [-0.1, -0.05) is 42.1 Å². The maximum Gasteiger partial charge on any atom is 0.269 e. The molecule has 0 bridgehead atoms. The first kappa shape index (κ1) is 23.8. The van der Waals surface area contributed by atoms with Crippen molar-refractivity contribution in [2.24, 2.45) is 11.7 Å². The zero-order valence-electron chi connectivity index (χ0n) is 19.2. The Kier molecular flexibility index (Phi) is 6.33. The summed E-state index contributed by atoms with van der Waals surface area (Å²) in [6.07, 6.45) is 8.32. The molecule has 3 heterocycles. The minimum atomic E-state index is -3.97. The molecule has 1 aromatic carbocycles. The van der Waals surface area contributed by atoms with Gasteiger partial charge in [-0.15, -0.1) is 0 Å². The van der Waals surface area contributed by atoms with Crippen molar-refractivity contribution < 1.29 is 12.8 Å². The number of nitrogens with two attached hydrogens (primary N) is 1. The predicted molar refractivity (Wildman–Crippen MR) is 133 cm³/mol. The number of hydrogen-bond donors (Lipinski definition) is 1. The number of halogens is 2. The number of benzene rings is 1. The van der Waals surface area contributed by atoms with Crippen molar-refractivity contribution in [2.45, 2.75) is 50.0 Å². The Balaban J connectivity index is 1.62. The lowest BCUT2D eigenvalue weighted by Crippen LogP contribution is -2.34. The van der Waals surface area contributed by atoms with E-state index in [0.717, 1.165) is 41.4 Å². The van der Waals surface area contributed by atoms with Gasteiger partial charge in [0.25, 0.3) is 10.0 Å². The van der Waals surface area contributed by atoms with Crippen LogP contribution in [0.4, 0.5) is 4.39 Å². The molecule has 1 aliphatic rings. The lowest BCUT2D eigenvalue weighted by atomic mass is 9.82. The van der Waals surface area contributed by atoms with E-state index in [1.807, 2.05) is 6.92 Å². The van der Waals surface area contributed by atoms with E-state index < -0.39 is 15.8 Å². The van der Waals surface area contributed by atoms with E-state index in [9.17, 15) is 12.8 Å². The summed E-state index contributed by atoms with van der Waals surface area (Å²) in [6.45, 7) is 1.88. The third kappa shape index (κ3) is 4.55. The lowest BCUT2D eigenvalue weighted by molar-refractivity contribution is 0.301. The van der Waals surface area contributed by atoms with Crippen LogP contribution in [0.15, 0.2) is 53.8 Å². The van der Waals surface area contributed by atoms with Crippen molar-refractivity contribution in [1.29, 1.82) is 0 Å². The number of hydrogen-bond acceptors (Lipinski definition) is 6. The first-order valence-corrected chi connectivity index (χ1v) is 13.3. The van der Waals surface area contributed by atoms with Crippen LogP contribution in [0.2, 0.25) is 5.02 Å². The van der Waals surface area contributed by atoms with Crippen LogP contribution in [0, 0.1) is 18.7 Å². The predicted octanol–water partition coefficient (Wildman–Crippen LogP) is 4.89. The standard InChI is InChI=1S/C25H25ClFN5O2S/c1-15-6-8-18(9-7-15)35(33,34)32-14-20(19-11-17(26)12-30-25(19)32)24-29-13-21(27)23(31-24)10-16-4-2-3-5-22(16)28/h6-9,11-14,16,22H,2-5,10,28H2,1H3/t16-,22+/m1/s1. The molecule has 182 valence electrons. The molecule has 10 heteroatoms. The first-order valence-electron chi connectivity index (χ1n) is 11.5. The van der Waals surface area contributed by atoms with Gasteiger partial charge in [0, 0.05) is 29.4 Å². The van der Waals surface area contributed by atoms with E-state index in [2.05, 4.69) is 15.0 Å². The molecular weight excluding hydrogens is 489 g/mol. The SMILES string of the molecule is Cc1ccc(S(=O)(=O)n2cc(-c3ncc(F)c(C[C@H]4CCCC[C@@H]4N)n3)c3cc(Cl)cnc32)cc1. The Morgan fingerprint density at radius 1 is 1.14 bits per heavy atom. The average Bonchev–Trinajstić information content (AvgIpc) is 3.21. The van der Waals surface area contributed by atoms with Crippen molar-refractivity contribution in [3.63, 3.8) is 0 Å². The third-order valence-corrected chi connectivity index (χ3v) is 8.51. The fraction of sp³-hybridized carbons (Fsp3) is 0.320. The van der Waals surface area contributed by atoms with Gasteiger partial charge in [-0.05, 0) is 50.3 Å². The van der Waals surface area contributed by atoms with Gasteiger partial charge in [-0.3, -0.25) is 0 Å². The molecule has 0 unspecified atom stereocenters. The average molecular weight is 514 g/mol. The molecule has 4 aromatic rings. The van der Waals surface area contributed by atoms with Gasteiger partial charge in [0.15, 0.2) is 17.3 Å². The Morgan fingerprint density at radius 2 is 1.89 bits per heavy atom. The lowest BCUT2D eigenvalue weighted by Gasteiger charge is -2.28. The van der Waals surface area contributed by atoms with Crippen LogP contribution in [-0.2, 0) is 16.4 Å². The number of nitrogens with zero attached hydrogens (tertiary/aromatic N) is 4.